The van der Waals surface area contributed by atoms with Crippen LogP contribution in [0, 0.1) is 11.8 Å². The number of para-hydroxylation sites is 2. The van der Waals surface area contributed by atoms with E-state index in [4.69, 9.17) is 15.3 Å². The van der Waals surface area contributed by atoms with E-state index in [0.717, 1.165) is 43.0 Å². The molecule has 5 atom stereocenters. The summed E-state index contributed by atoms with van der Waals surface area (Å²) in [7, 11) is 0. The van der Waals surface area contributed by atoms with E-state index >= 15 is 0 Å². The van der Waals surface area contributed by atoms with Crippen molar-refractivity contribution in [1.29, 1.82) is 0 Å². The predicted octanol–water partition coefficient (Wildman–Crippen LogP) is 3.69. The zero-order valence-corrected chi connectivity index (χ0v) is 23.9. The largest absolute Gasteiger partial charge is 0.461 e. The van der Waals surface area contributed by atoms with Gasteiger partial charge in [-0.25, -0.2) is 9.78 Å². The molecule has 6 rings (SSSR count). The first-order chi connectivity index (χ1) is 19.9. The normalized spacial score (nSPS) is 30.1. The molecule has 4 aliphatic rings. The van der Waals surface area contributed by atoms with Gasteiger partial charge in [0.05, 0.1) is 17.6 Å². The highest BCUT2D eigenvalue weighted by Gasteiger charge is 2.45. The van der Waals surface area contributed by atoms with Gasteiger partial charge in [-0.05, 0) is 75.8 Å². The minimum absolute atomic E-state index is 0.0289. The van der Waals surface area contributed by atoms with E-state index < -0.39 is 24.0 Å². The van der Waals surface area contributed by atoms with Crippen LogP contribution >= 0.6 is 0 Å². The topological polar surface area (TPSA) is 129 Å². The summed E-state index contributed by atoms with van der Waals surface area (Å²) in [6.07, 6.45) is 13.5. The first kappa shape index (κ1) is 27.9. The molecule has 1 aromatic carbocycles. The number of primary amides is 1. The SMILES string of the molecule is CCOC(=O)/C(=N\OCC(N)=O)c1nc2ccccc2n(C2C[C@H]3CCC[C@@H](C2)N3C2CC3CCCC(C3)C2)c1=O. The van der Waals surface area contributed by atoms with Gasteiger partial charge in [0, 0.05) is 24.2 Å². The Bertz CT molecular complexity index is 1360. The van der Waals surface area contributed by atoms with E-state index in [-0.39, 0.29) is 24.1 Å². The van der Waals surface area contributed by atoms with E-state index in [9.17, 15) is 14.4 Å². The number of nitrogens with zero attached hydrogens (tertiary/aromatic N) is 4. The average molecular weight is 564 g/mol. The Morgan fingerprint density at radius 3 is 2.32 bits per heavy atom. The van der Waals surface area contributed by atoms with Gasteiger partial charge in [-0.15, -0.1) is 0 Å². The fourth-order valence-corrected chi connectivity index (χ4v) is 8.34. The van der Waals surface area contributed by atoms with E-state index in [1.54, 1.807) is 6.92 Å². The van der Waals surface area contributed by atoms with E-state index in [1.807, 2.05) is 28.8 Å². The van der Waals surface area contributed by atoms with Crippen LogP contribution in [0.15, 0.2) is 34.2 Å². The zero-order chi connectivity index (χ0) is 28.5. The number of rotatable bonds is 8. The number of esters is 1. The minimum atomic E-state index is -0.835. The maximum absolute atomic E-state index is 14.2. The molecular weight excluding hydrogens is 522 g/mol. The highest BCUT2D eigenvalue weighted by Crippen LogP contribution is 2.47. The smallest absolute Gasteiger partial charge is 0.362 e. The molecule has 10 heteroatoms. The molecule has 3 unspecified atom stereocenters. The first-order valence-electron chi connectivity index (χ1n) is 15.4. The molecule has 1 amide bonds. The summed E-state index contributed by atoms with van der Waals surface area (Å²) in [5.74, 6) is 0.161. The van der Waals surface area contributed by atoms with Crippen LogP contribution in [0.25, 0.3) is 11.0 Å². The van der Waals surface area contributed by atoms with Gasteiger partial charge >= 0.3 is 5.97 Å². The van der Waals surface area contributed by atoms with Gasteiger partial charge in [0.2, 0.25) is 5.71 Å². The van der Waals surface area contributed by atoms with Crippen molar-refractivity contribution < 1.29 is 19.2 Å². The summed E-state index contributed by atoms with van der Waals surface area (Å²) in [5, 5.41) is 3.82. The van der Waals surface area contributed by atoms with E-state index in [2.05, 4.69) is 15.0 Å². The van der Waals surface area contributed by atoms with Crippen LogP contribution in [0.3, 0.4) is 0 Å². The van der Waals surface area contributed by atoms with Crippen molar-refractivity contribution in [2.45, 2.75) is 102 Å². The fourth-order valence-electron chi connectivity index (χ4n) is 8.34. The van der Waals surface area contributed by atoms with Gasteiger partial charge in [-0.2, -0.15) is 0 Å². The molecule has 10 nitrogen and oxygen atoms in total. The molecular formula is C31H41N5O5. The van der Waals surface area contributed by atoms with Crippen molar-refractivity contribution >= 4 is 28.6 Å². The third-order valence-electron chi connectivity index (χ3n) is 9.75. The molecule has 4 bridgehead atoms. The third-order valence-corrected chi connectivity index (χ3v) is 9.75. The number of carbonyl (C=O) groups is 2. The quantitative estimate of drug-likeness (QED) is 0.295. The average Bonchev–Trinajstić information content (AvgIpc) is 2.94. The Labute approximate surface area is 240 Å². The summed E-state index contributed by atoms with van der Waals surface area (Å²) in [6.45, 7) is 1.22. The van der Waals surface area contributed by atoms with Crippen LogP contribution in [-0.4, -0.2) is 63.4 Å². The van der Waals surface area contributed by atoms with Crippen LogP contribution in [0.2, 0.25) is 0 Å². The molecule has 2 aromatic rings. The molecule has 220 valence electrons. The number of carbonyl (C=O) groups excluding carboxylic acids is 2. The molecule has 1 aromatic heterocycles. The van der Waals surface area contributed by atoms with Crippen LogP contribution in [0.5, 0.6) is 0 Å². The molecule has 2 N–H and O–H groups in total. The molecule has 2 aliphatic heterocycles. The second kappa shape index (κ2) is 11.9. The first-order valence-corrected chi connectivity index (χ1v) is 15.4. The fraction of sp³-hybridized carbons (Fsp3) is 0.645. The van der Waals surface area contributed by atoms with Crippen molar-refractivity contribution in [3.05, 3.63) is 40.3 Å². The van der Waals surface area contributed by atoms with Gasteiger partial charge in [0.25, 0.3) is 11.5 Å². The lowest BCUT2D eigenvalue weighted by atomic mass is 9.68. The molecule has 0 spiro atoms. The maximum Gasteiger partial charge on any atom is 0.362 e. The molecule has 0 radical (unpaired) electrons. The monoisotopic (exact) mass is 563 g/mol. The summed E-state index contributed by atoms with van der Waals surface area (Å²) in [5.41, 5.74) is 5.61. The zero-order valence-electron chi connectivity index (χ0n) is 23.9. The van der Waals surface area contributed by atoms with E-state index in [1.165, 1.54) is 44.9 Å². The summed E-state index contributed by atoms with van der Waals surface area (Å²) in [6, 6.07) is 9.02. The lowest BCUT2D eigenvalue weighted by Gasteiger charge is -2.55. The van der Waals surface area contributed by atoms with Crippen LogP contribution < -0.4 is 11.3 Å². The molecule has 2 aliphatic carbocycles. The lowest BCUT2D eigenvalue weighted by molar-refractivity contribution is -0.135. The Kier molecular flexibility index (Phi) is 8.10. The van der Waals surface area contributed by atoms with Gasteiger partial charge < -0.3 is 19.9 Å². The summed E-state index contributed by atoms with van der Waals surface area (Å²) >= 11 is 0. The van der Waals surface area contributed by atoms with Crippen LogP contribution in [0.4, 0.5) is 0 Å². The Morgan fingerprint density at radius 2 is 1.63 bits per heavy atom. The van der Waals surface area contributed by atoms with E-state index in [0.29, 0.717) is 23.6 Å². The Hall–Kier alpha value is -3.27. The standard InChI is InChI=1S/C31H41N5O5/c1-2-40-31(39)29(34-41-18-27(32)37)28-30(38)36(26-12-4-3-11-25(26)33-28)24-16-21-9-6-10-22(17-24)35(21)23-14-19-7-5-8-20(13-19)15-23/h3-4,11-12,19-24H,2,5-10,13-18H2,1H3,(H2,32,37)/b34-29-/t19?,20?,21-,22+,23?,24?. The Morgan fingerprint density at radius 1 is 0.951 bits per heavy atom. The van der Waals surface area contributed by atoms with Gasteiger partial charge in [-0.3, -0.25) is 14.5 Å². The molecule has 41 heavy (non-hydrogen) atoms. The van der Waals surface area contributed by atoms with Crippen molar-refractivity contribution in [3.63, 3.8) is 0 Å². The minimum Gasteiger partial charge on any atom is -0.461 e. The molecule has 3 heterocycles. The molecule has 2 saturated heterocycles. The van der Waals surface area contributed by atoms with Gasteiger partial charge in [0.15, 0.2) is 12.3 Å². The predicted molar refractivity (Wildman–Crippen MR) is 154 cm³/mol. The number of ether oxygens (including phenoxy) is 1. The number of hydrogen-bond donors (Lipinski definition) is 1. The molecule has 4 fully saturated rings. The second-order valence-electron chi connectivity index (χ2n) is 12.4. The Balaban J connectivity index is 1.36. The number of oxime groups is 1. The number of piperidine rings is 2. The van der Waals surface area contributed by atoms with Crippen LogP contribution in [-0.2, 0) is 19.2 Å². The van der Waals surface area contributed by atoms with Crippen LogP contribution in [0.1, 0.15) is 89.3 Å². The van der Waals surface area contributed by atoms with Crippen molar-refractivity contribution in [2.24, 2.45) is 22.7 Å². The molecule has 2 saturated carbocycles. The number of amides is 1. The summed E-state index contributed by atoms with van der Waals surface area (Å²) in [4.78, 5) is 50.8. The van der Waals surface area contributed by atoms with Crippen molar-refractivity contribution in [2.75, 3.05) is 13.2 Å². The van der Waals surface area contributed by atoms with Crippen molar-refractivity contribution in [1.82, 2.24) is 14.5 Å². The van der Waals surface area contributed by atoms with Gasteiger partial charge in [0.1, 0.15) is 0 Å². The number of benzene rings is 1. The maximum atomic E-state index is 14.2. The number of fused-ring (bicyclic) bond motifs is 5. The number of aromatic nitrogens is 2. The lowest BCUT2D eigenvalue weighted by Crippen LogP contribution is -2.58. The van der Waals surface area contributed by atoms with Gasteiger partial charge in [-0.1, -0.05) is 43.0 Å². The number of nitrogens with two attached hydrogens (primary N) is 1. The van der Waals surface area contributed by atoms with Crippen molar-refractivity contribution in [3.8, 4) is 0 Å². The highest BCUT2D eigenvalue weighted by molar-refractivity contribution is 6.42. The second-order valence-corrected chi connectivity index (χ2v) is 12.4. The summed E-state index contributed by atoms with van der Waals surface area (Å²) < 4.78 is 7.01. The highest BCUT2D eigenvalue weighted by atomic mass is 16.6. The number of hydrogen-bond acceptors (Lipinski definition) is 8. The third kappa shape index (κ3) is 5.63.